The number of aliphatic carboxylic acids is 4. The molecule has 0 spiro atoms. The fourth-order valence-electron chi connectivity index (χ4n) is 5.21. The minimum Gasteiger partial charge on any atom is -0.481 e. The van der Waals surface area contributed by atoms with E-state index in [1.807, 2.05) is 0 Å². The number of hydrogen-bond acceptors (Lipinski definition) is 15. The Morgan fingerprint density at radius 3 is 1.11 bits per heavy atom. The van der Waals surface area contributed by atoms with Crippen molar-refractivity contribution in [2.75, 3.05) is 6.54 Å². The number of hydrogen-bond donors (Lipinski definition) is 15. The first-order valence-corrected chi connectivity index (χ1v) is 19.8. The lowest BCUT2D eigenvalue weighted by Crippen LogP contribution is -2.59. The van der Waals surface area contributed by atoms with Gasteiger partial charge in [-0.15, -0.1) is 0 Å². The Morgan fingerprint density at radius 2 is 0.766 bits per heavy atom. The van der Waals surface area contributed by atoms with E-state index in [4.69, 9.17) is 17.2 Å². The van der Waals surface area contributed by atoms with Gasteiger partial charge in [0.2, 0.25) is 53.2 Å². The van der Waals surface area contributed by atoms with Crippen molar-refractivity contribution in [2.45, 2.75) is 140 Å². The first kappa shape index (κ1) is 57.0. The monoisotopic (exact) mass is 917 g/mol. The van der Waals surface area contributed by atoms with Gasteiger partial charge in [0.15, 0.2) is 0 Å². The molecule has 0 saturated heterocycles. The van der Waals surface area contributed by atoms with Crippen molar-refractivity contribution >= 4 is 77.0 Å². The van der Waals surface area contributed by atoms with Crippen LogP contribution in [0.3, 0.4) is 0 Å². The van der Waals surface area contributed by atoms with E-state index in [1.165, 1.54) is 13.8 Å². The number of carboxylic acid groups (broad SMARTS) is 4. The summed E-state index contributed by atoms with van der Waals surface area (Å²) < 4.78 is 0. The van der Waals surface area contributed by atoms with Crippen molar-refractivity contribution in [3.63, 3.8) is 0 Å². The number of rotatable bonds is 31. The number of unbranched alkanes of at least 4 members (excludes halogenated alkanes) is 1. The summed E-state index contributed by atoms with van der Waals surface area (Å²) in [6.45, 7) is 4.85. The number of nitrogens with one attached hydrogen (secondary N) is 8. The first-order valence-electron chi connectivity index (χ1n) is 19.8. The van der Waals surface area contributed by atoms with Crippen LogP contribution in [0, 0.1) is 0 Å². The SMILES string of the molecule is CC(N)C(=O)NC(CCC(N)=O)C(=O)NC(C)C(=O)NC(CCC(=O)O)C(=O)NC(C)C(=O)NC(CC(=O)O)C(=O)NC(C)C(=O)NC(CC(=O)O)C(=O)NC(CCCCN)C(=O)O. The molecule has 0 aliphatic carbocycles. The summed E-state index contributed by atoms with van der Waals surface area (Å²) in [5.74, 6) is -15.6. The minimum atomic E-state index is -1.93. The van der Waals surface area contributed by atoms with E-state index in [0.29, 0.717) is 12.8 Å². The van der Waals surface area contributed by atoms with Crippen LogP contribution in [0.5, 0.6) is 0 Å². The summed E-state index contributed by atoms with van der Waals surface area (Å²) >= 11 is 0. The molecule has 0 radical (unpaired) electrons. The van der Waals surface area contributed by atoms with E-state index in [9.17, 15) is 82.8 Å². The molecule has 18 N–H and O–H groups in total. The van der Waals surface area contributed by atoms with Crippen LogP contribution in [0.2, 0.25) is 0 Å². The second-order valence-corrected chi connectivity index (χ2v) is 14.5. The van der Waals surface area contributed by atoms with Gasteiger partial charge in [-0.25, -0.2) is 4.79 Å². The van der Waals surface area contributed by atoms with Gasteiger partial charge in [0.05, 0.1) is 18.9 Å². The lowest BCUT2D eigenvalue weighted by Gasteiger charge is -2.25. The Hall–Kier alpha value is -6.97. The smallest absolute Gasteiger partial charge is 0.326 e. The summed E-state index contributed by atoms with van der Waals surface area (Å²) in [5.41, 5.74) is 16.1. The van der Waals surface area contributed by atoms with Gasteiger partial charge in [-0.3, -0.25) is 57.5 Å². The molecule has 28 nitrogen and oxygen atoms in total. The van der Waals surface area contributed by atoms with Gasteiger partial charge in [-0.05, 0) is 66.3 Å². The van der Waals surface area contributed by atoms with Crippen LogP contribution in [0.15, 0.2) is 0 Å². The molecule has 9 amide bonds. The van der Waals surface area contributed by atoms with Crippen molar-refractivity contribution in [2.24, 2.45) is 17.2 Å². The highest BCUT2D eigenvalue weighted by atomic mass is 16.4. The highest BCUT2D eigenvalue weighted by Gasteiger charge is 2.34. The normalized spacial score (nSPS) is 15.0. The van der Waals surface area contributed by atoms with Crippen LogP contribution in [-0.2, 0) is 62.3 Å². The molecule has 9 atom stereocenters. The van der Waals surface area contributed by atoms with Gasteiger partial charge < -0.3 is 80.2 Å². The zero-order chi connectivity index (χ0) is 49.4. The first-order chi connectivity index (χ1) is 29.7. The molecule has 0 aliphatic rings. The van der Waals surface area contributed by atoms with E-state index in [1.54, 1.807) is 0 Å². The van der Waals surface area contributed by atoms with Crippen molar-refractivity contribution in [3.8, 4) is 0 Å². The molecule has 28 heteroatoms. The van der Waals surface area contributed by atoms with Gasteiger partial charge in [0.25, 0.3) is 0 Å². The highest BCUT2D eigenvalue weighted by Crippen LogP contribution is 2.06. The third-order valence-corrected chi connectivity index (χ3v) is 8.85. The maximum absolute atomic E-state index is 13.3. The molecule has 0 aromatic rings. The van der Waals surface area contributed by atoms with Gasteiger partial charge in [0, 0.05) is 12.8 Å². The molecule has 64 heavy (non-hydrogen) atoms. The van der Waals surface area contributed by atoms with E-state index < -0.39 is 157 Å². The van der Waals surface area contributed by atoms with Gasteiger partial charge in [-0.1, -0.05) is 0 Å². The van der Waals surface area contributed by atoms with E-state index in [-0.39, 0.29) is 25.8 Å². The highest BCUT2D eigenvalue weighted by molar-refractivity contribution is 5.99. The Kier molecular flexibility index (Phi) is 25.5. The molecule has 0 aromatic carbocycles. The molecule has 0 aliphatic heterocycles. The number of nitrogens with two attached hydrogens (primary N) is 3. The van der Waals surface area contributed by atoms with Crippen LogP contribution in [0.4, 0.5) is 0 Å². The maximum Gasteiger partial charge on any atom is 0.326 e. The Balaban J connectivity index is 5.90. The fourth-order valence-corrected chi connectivity index (χ4v) is 5.21. The molecule has 0 bridgehead atoms. The number of carbonyl (C=O) groups excluding carboxylic acids is 9. The predicted octanol–water partition coefficient (Wildman–Crippen LogP) is -6.44. The van der Waals surface area contributed by atoms with Crippen molar-refractivity contribution in [1.82, 2.24) is 42.5 Å². The van der Waals surface area contributed by atoms with Crippen molar-refractivity contribution in [1.29, 1.82) is 0 Å². The largest absolute Gasteiger partial charge is 0.481 e. The lowest BCUT2D eigenvalue weighted by atomic mass is 10.1. The molecule has 0 aromatic heterocycles. The summed E-state index contributed by atoms with van der Waals surface area (Å²) in [6, 6.07) is -14.0. The minimum absolute atomic E-state index is 0.0671. The summed E-state index contributed by atoms with van der Waals surface area (Å²) in [5, 5.41) is 54.8. The predicted molar refractivity (Wildman–Crippen MR) is 216 cm³/mol. The molecule has 0 saturated carbocycles. The Bertz CT molecular complexity index is 1740. The Labute approximate surface area is 365 Å². The quantitative estimate of drug-likeness (QED) is 0.0288. The van der Waals surface area contributed by atoms with Gasteiger partial charge >= 0.3 is 23.9 Å². The zero-order valence-corrected chi connectivity index (χ0v) is 35.6. The maximum atomic E-state index is 13.3. The van der Waals surface area contributed by atoms with E-state index >= 15 is 0 Å². The molecule has 0 heterocycles. The third-order valence-electron chi connectivity index (χ3n) is 8.85. The van der Waals surface area contributed by atoms with Gasteiger partial charge in [0.1, 0.15) is 48.3 Å². The standard InChI is InChI=1S/C36H59N11O17/c1-15(38)28(55)43-19(8-10-24(39)48)32(59)40-16(2)29(56)44-20(9-11-25(49)50)33(60)41-17(3)30(57)46-22(13-26(51)52)34(61)42-18(4)31(58)47-23(14-27(53)54)35(62)45-21(36(63)64)7-5-6-12-37/h15-23H,5-14,37-38H2,1-4H3,(H2,39,48)(H,40,59)(H,41,60)(H,42,61)(H,43,55)(H,44,56)(H,45,62)(H,46,57)(H,47,58)(H,49,50)(H,51,52)(H,53,54)(H,63,64). The molecule has 360 valence electrons. The molecule has 0 fully saturated rings. The summed E-state index contributed by atoms with van der Waals surface area (Å²) in [6.07, 6.45) is -3.31. The van der Waals surface area contributed by atoms with E-state index in [2.05, 4.69) is 42.5 Å². The number of primary amides is 1. The van der Waals surface area contributed by atoms with Gasteiger partial charge in [-0.2, -0.15) is 0 Å². The molecule has 9 unspecified atom stereocenters. The van der Waals surface area contributed by atoms with Crippen LogP contribution < -0.4 is 59.7 Å². The molecule has 0 rings (SSSR count). The summed E-state index contributed by atoms with van der Waals surface area (Å²) in [4.78, 5) is 161. The second kappa shape index (κ2) is 28.6. The van der Waals surface area contributed by atoms with Crippen LogP contribution >= 0.6 is 0 Å². The van der Waals surface area contributed by atoms with Crippen molar-refractivity contribution < 1.29 is 82.8 Å². The third kappa shape index (κ3) is 22.8. The van der Waals surface area contributed by atoms with Crippen LogP contribution in [-0.4, -0.2) is 158 Å². The Morgan fingerprint density at radius 1 is 0.422 bits per heavy atom. The second-order valence-electron chi connectivity index (χ2n) is 14.5. The van der Waals surface area contributed by atoms with Crippen LogP contribution in [0.1, 0.15) is 85.5 Å². The summed E-state index contributed by atoms with van der Waals surface area (Å²) in [7, 11) is 0. The fraction of sp³-hybridized carbons (Fsp3) is 0.639. The molecular formula is C36H59N11O17. The number of amides is 9. The lowest BCUT2D eigenvalue weighted by molar-refractivity contribution is -0.144. The topological polar surface area (TPSA) is 477 Å². The van der Waals surface area contributed by atoms with Crippen LogP contribution in [0.25, 0.3) is 0 Å². The number of carbonyl (C=O) groups is 13. The average Bonchev–Trinajstić information content (AvgIpc) is 3.18. The van der Waals surface area contributed by atoms with Crippen molar-refractivity contribution in [3.05, 3.63) is 0 Å². The van der Waals surface area contributed by atoms with E-state index in [0.717, 1.165) is 13.8 Å². The molecular weight excluding hydrogens is 858 g/mol. The zero-order valence-electron chi connectivity index (χ0n) is 35.6. The average molecular weight is 918 g/mol. The number of carboxylic acids is 4.